The molecular weight excluding hydrogens is 535 g/mol. The standard InChI is InChI=1S/C30H26F3N5O3/c1-17-7-9-18(10-8-17)24-23(27(40)35-2)22-14-21(25(37-28(22)41-24)36-16-30(31,32)33)19-5-3-6-20(13-19)26(39)38-29(15-34)11-4-12-29/h3,5-10,13-14H,4,11-12,16H2,1-2H3,(H,35,40)(H,36,37)(H,38,39). The number of halogens is 3. The summed E-state index contributed by atoms with van der Waals surface area (Å²) in [6.45, 7) is 0.548. The Morgan fingerprint density at radius 2 is 1.80 bits per heavy atom. The minimum absolute atomic E-state index is 0.0255. The molecule has 0 atom stereocenters. The molecule has 0 saturated heterocycles. The first-order chi connectivity index (χ1) is 19.5. The van der Waals surface area contributed by atoms with Gasteiger partial charge in [0, 0.05) is 23.7 Å². The van der Waals surface area contributed by atoms with Crippen LogP contribution in [-0.4, -0.2) is 42.1 Å². The first-order valence-corrected chi connectivity index (χ1v) is 12.9. The summed E-state index contributed by atoms with van der Waals surface area (Å²) in [6.07, 6.45) is -2.61. The third-order valence-electron chi connectivity index (χ3n) is 7.12. The molecule has 0 radical (unpaired) electrons. The summed E-state index contributed by atoms with van der Waals surface area (Å²) in [4.78, 5) is 30.4. The minimum atomic E-state index is -4.53. The molecule has 2 heterocycles. The largest absolute Gasteiger partial charge is 0.437 e. The van der Waals surface area contributed by atoms with E-state index in [0.29, 0.717) is 29.4 Å². The fourth-order valence-electron chi connectivity index (χ4n) is 4.73. The highest BCUT2D eigenvalue weighted by molar-refractivity contribution is 6.11. The summed E-state index contributed by atoms with van der Waals surface area (Å²) in [7, 11) is 1.46. The van der Waals surface area contributed by atoms with Crippen molar-refractivity contribution in [3.05, 3.63) is 71.3 Å². The second kappa shape index (κ2) is 10.6. The number of amides is 2. The van der Waals surface area contributed by atoms with Crippen LogP contribution in [0.25, 0.3) is 33.6 Å². The number of nitrogens with zero attached hydrogens (tertiary/aromatic N) is 2. The van der Waals surface area contributed by atoms with Gasteiger partial charge in [0.05, 0.1) is 17.0 Å². The van der Waals surface area contributed by atoms with Gasteiger partial charge in [-0.15, -0.1) is 0 Å². The Morgan fingerprint density at radius 3 is 2.41 bits per heavy atom. The van der Waals surface area contributed by atoms with E-state index in [9.17, 15) is 28.0 Å². The summed E-state index contributed by atoms with van der Waals surface area (Å²) in [5, 5.41) is 17.5. The van der Waals surface area contributed by atoms with E-state index >= 15 is 0 Å². The summed E-state index contributed by atoms with van der Waals surface area (Å²) in [5.41, 5.74) is 1.67. The van der Waals surface area contributed by atoms with Crippen LogP contribution in [0.3, 0.4) is 0 Å². The van der Waals surface area contributed by atoms with Gasteiger partial charge in [0.2, 0.25) is 5.71 Å². The first kappa shape index (κ1) is 27.7. The van der Waals surface area contributed by atoms with Crippen LogP contribution in [0.5, 0.6) is 0 Å². The molecule has 0 unspecified atom stereocenters. The van der Waals surface area contributed by atoms with Gasteiger partial charge in [0.25, 0.3) is 11.8 Å². The van der Waals surface area contributed by atoms with Crippen molar-refractivity contribution in [2.45, 2.75) is 37.9 Å². The molecule has 41 heavy (non-hydrogen) atoms. The minimum Gasteiger partial charge on any atom is -0.437 e. The van der Waals surface area contributed by atoms with Gasteiger partial charge in [-0.25, -0.2) is 0 Å². The number of nitriles is 1. The number of fused-ring (bicyclic) bond motifs is 1. The van der Waals surface area contributed by atoms with Crippen molar-refractivity contribution in [2.24, 2.45) is 0 Å². The lowest BCUT2D eigenvalue weighted by Gasteiger charge is -2.35. The second-order valence-electron chi connectivity index (χ2n) is 10.0. The van der Waals surface area contributed by atoms with Crippen LogP contribution in [0.2, 0.25) is 0 Å². The number of carbonyl (C=O) groups is 2. The number of benzene rings is 2. The van der Waals surface area contributed by atoms with Crippen molar-refractivity contribution in [3.63, 3.8) is 0 Å². The number of hydrogen-bond donors (Lipinski definition) is 3. The van der Waals surface area contributed by atoms with Crippen molar-refractivity contribution < 1.29 is 27.2 Å². The van der Waals surface area contributed by atoms with Crippen molar-refractivity contribution in [1.82, 2.24) is 15.6 Å². The Kier molecular flexibility index (Phi) is 7.17. The number of furan rings is 1. The van der Waals surface area contributed by atoms with Gasteiger partial charge in [0.15, 0.2) is 0 Å². The SMILES string of the molecule is CNC(=O)c1c(-c2ccc(C)cc2)oc2nc(NCC(F)(F)F)c(-c3cccc(C(=O)NC4(C#N)CCC4)c3)cc12. The molecule has 8 nitrogen and oxygen atoms in total. The summed E-state index contributed by atoms with van der Waals surface area (Å²) >= 11 is 0. The molecule has 2 aromatic carbocycles. The molecule has 0 aliphatic heterocycles. The van der Waals surface area contributed by atoms with E-state index in [0.717, 1.165) is 12.0 Å². The van der Waals surface area contributed by atoms with Crippen LogP contribution in [0, 0.1) is 18.3 Å². The van der Waals surface area contributed by atoms with Crippen molar-refractivity contribution in [1.29, 1.82) is 5.26 Å². The number of alkyl halides is 3. The molecule has 3 N–H and O–H groups in total. The van der Waals surface area contributed by atoms with Gasteiger partial charge in [-0.1, -0.05) is 42.0 Å². The van der Waals surface area contributed by atoms with Gasteiger partial charge in [-0.3, -0.25) is 9.59 Å². The van der Waals surface area contributed by atoms with Gasteiger partial charge in [-0.2, -0.15) is 23.4 Å². The van der Waals surface area contributed by atoms with Crippen molar-refractivity contribution in [2.75, 3.05) is 18.9 Å². The lowest BCUT2D eigenvalue weighted by atomic mass is 9.78. The van der Waals surface area contributed by atoms with Gasteiger partial charge < -0.3 is 20.4 Å². The third kappa shape index (κ3) is 5.59. The molecule has 4 aromatic rings. The van der Waals surface area contributed by atoms with Crippen LogP contribution in [0.15, 0.2) is 59.0 Å². The average Bonchev–Trinajstić information content (AvgIpc) is 3.31. The monoisotopic (exact) mass is 561 g/mol. The lowest BCUT2D eigenvalue weighted by molar-refractivity contribution is -0.115. The highest BCUT2D eigenvalue weighted by atomic mass is 19.4. The molecule has 1 aliphatic rings. The number of aromatic nitrogens is 1. The molecule has 2 amide bonds. The number of carbonyl (C=O) groups excluding carboxylic acids is 2. The van der Waals surface area contributed by atoms with E-state index in [1.54, 1.807) is 30.3 Å². The van der Waals surface area contributed by atoms with Crippen LogP contribution in [0.1, 0.15) is 45.5 Å². The van der Waals surface area contributed by atoms with E-state index in [4.69, 9.17) is 4.42 Å². The maximum atomic E-state index is 13.2. The van der Waals surface area contributed by atoms with Crippen LogP contribution in [-0.2, 0) is 0 Å². The van der Waals surface area contributed by atoms with Crippen molar-refractivity contribution >= 4 is 28.7 Å². The molecule has 210 valence electrons. The molecule has 2 aromatic heterocycles. The van der Waals surface area contributed by atoms with Crippen LogP contribution in [0.4, 0.5) is 19.0 Å². The smallest absolute Gasteiger partial charge is 0.405 e. The summed E-state index contributed by atoms with van der Waals surface area (Å²) in [5.74, 6) is -0.838. The number of pyridine rings is 1. The lowest BCUT2D eigenvalue weighted by Crippen LogP contribution is -2.52. The number of rotatable bonds is 7. The molecule has 11 heteroatoms. The van der Waals surface area contributed by atoms with E-state index in [2.05, 4.69) is 27.0 Å². The number of nitrogens with one attached hydrogen (secondary N) is 3. The van der Waals surface area contributed by atoms with Crippen molar-refractivity contribution in [3.8, 4) is 28.5 Å². The Balaban J connectivity index is 1.65. The highest BCUT2D eigenvalue weighted by Gasteiger charge is 2.39. The fraction of sp³-hybridized carbons (Fsp3) is 0.267. The topological polar surface area (TPSA) is 120 Å². The number of hydrogen-bond acceptors (Lipinski definition) is 6. The molecule has 1 fully saturated rings. The summed E-state index contributed by atoms with van der Waals surface area (Å²) < 4.78 is 45.6. The molecular formula is C30H26F3N5O3. The predicted octanol–water partition coefficient (Wildman–Crippen LogP) is 5.98. The zero-order chi connectivity index (χ0) is 29.4. The maximum Gasteiger partial charge on any atom is 0.405 e. The number of anilines is 1. The Labute approximate surface area is 233 Å². The Hall–Kier alpha value is -4.85. The van der Waals surface area contributed by atoms with Crippen LogP contribution >= 0.6 is 0 Å². The third-order valence-corrected chi connectivity index (χ3v) is 7.12. The molecule has 1 aliphatic carbocycles. The first-order valence-electron chi connectivity index (χ1n) is 12.9. The Morgan fingerprint density at radius 1 is 1.07 bits per heavy atom. The zero-order valence-electron chi connectivity index (χ0n) is 22.3. The highest BCUT2D eigenvalue weighted by Crippen LogP contribution is 2.39. The zero-order valence-corrected chi connectivity index (χ0v) is 22.3. The van der Waals surface area contributed by atoms with E-state index in [1.807, 2.05) is 19.1 Å². The maximum absolute atomic E-state index is 13.2. The number of aryl methyl sites for hydroxylation is 1. The quantitative estimate of drug-likeness (QED) is 0.255. The molecule has 5 rings (SSSR count). The predicted molar refractivity (Wildman–Crippen MR) is 147 cm³/mol. The van der Waals surface area contributed by atoms with Crippen LogP contribution < -0.4 is 16.0 Å². The van der Waals surface area contributed by atoms with Gasteiger partial charge >= 0.3 is 6.18 Å². The van der Waals surface area contributed by atoms with E-state index in [1.165, 1.54) is 19.2 Å². The van der Waals surface area contributed by atoms with E-state index in [-0.39, 0.29) is 34.0 Å². The van der Waals surface area contributed by atoms with Gasteiger partial charge in [-0.05, 0) is 49.9 Å². The normalized spacial score (nSPS) is 14.1. The summed E-state index contributed by atoms with van der Waals surface area (Å²) in [6, 6.07) is 17.2. The molecule has 0 spiro atoms. The average molecular weight is 562 g/mol. The second-order valence-corrected chi connectivity index (χ2v) is 10.0. The van der Waals surface area contributed by atoms with Gasteiger partial charge in [0.1, 0.15) is 23.7 Å². The van der Waals surface area contributed by atoms with E-state index < -0.39 is 30.1 Å². The molecule has 0 bridgehead atoms. The molecule has 1 saturated carbocycles. The Bertz CT molecular complexity index is 1680. The fourth-order valence-corrected chi connectivity index (χ4v) is 4.73.